The number of rotatable bonds is 4. The van der Waals surface area contributed by atoms with Gasteiger partial charge in [0, 0.05) is 6.54 Å². The summed E-state index contributed by atoms with van der Waals surface area (Å²) in [6.45, 7) is 2.07. The van der Waals surface area contributed by atoms with Gasteiger partial charge >= 0.3 is 0 Å². The Kier molecular flexibility index (Phi) is 3.80. The number of hydrogen-bond donors (Lipinski definition) is 3. The lowest BCUT2D eigenvalue weighted by atomic mass is 10.6. The summed E-state index contributed by atoms with van der Waals surface area (Å²) in [5, 5.41) is 1.48. The average Bonchev–Trinajstić information content (AvgIpc) is 1.80. The van der Waals surface area contributed by atoms with Crippen molar-refractivity contribution in [1.82, 2.24) is 5.32 Å². The fraction of sp³-hybridized carbons (Fsp3) is 1.00. The number of nitrogens with two attached hydrogens (primary N) is 1. The molecule has 0 rings (SSSR count). The molecule has 6 heteroatoms. The molecule has 4 N–H and O–H groups in total. The predicted molar refractivity (Wildman–Crippen MR) is 38.1 cm³/mol. The van der Waals surface area contributed by atoms with Crippen molar-refractivity contribution in [3.05, 3.63) is 0 Å². The maximum Gasteiger partial charge on any atom is 0.282 e. The second kappa shape index (κ2) is 3.87. The summed E-state index contributed by atoms with van der Waals surface area (Å²) in [6, 6.07) is 0. The standard InChI is InChI=1S/C4H12N2O3S/c1-2-6-4(3-5)10(7,8)9/h4,6H,2-3,5H2,1H3,(H,7,8,9). The number of likely N-dealkylation sites (N-methyl/N-ethyl adjacent to an activating group) is 1. The zero-order chi connectivity index (χ0) is 8.20. The van der Waals surface area contributed by atoms with Gasteiger partial charge in [0.1, 0.15) is 5.37 Å². The van der Waals surface area contributed by atoms with E-state index in [1.165, 1.54) is 0 Å². The van der Waals surface area contributed by atoms with E-state index in [1.807, 2.05) is 0 Å². The van der Waals surface area contributed by atoms with Crippen LogP contribution in [0.25, 0.3) is 0 Å². The normalized spacial score (nSPS) is 15.1. The van der Waals surface area contributed by atoms with Crippen LogP contribution in [0.1, 0.15) is 6.92 Å². The van der Waals surface area contributed by atoms with Crippen molar-refractivity contribution in [3.63, 3.8) is 0 Å². The van der Waals surface area contributed by atoms with Gasteiger partial charge in [-0.1, -0.05) is 6.92 Å². The summed E-state index contributed by atoms with van der Waals surface area (Å²) in [5.41, 5.74) is 5.04. The van der Waals surface area contributed by atoms with Gasteiger partial charge in [0.05, 0.1) is 0 Å². The van der Waals surface area contributed by atoms with Crippen LogP contribution in [0.15, 0.2) is 0 Å². The zero-order valence-electron chi connectivity index (χ0n) is 5.74. The van der Waals surface area contributed by atoms with Gasteiger partial charge in [-0.2, -0.15) is 8.42 Å². The van der Waals surface area contributed by atoms with E-state index in [1.54, 1.807) is 6.92 Å². The van der Waals surface area contributed by atoms with Gasteiger partial charge in [0.2, 0.25) is 0 Å². The SMILES string of the molecule is CCNC(CN)S(=O)(=O)O. The van der Waals surface area contributed by atoms with E-state index in [0.29, 0.717) is 6.54 Å². The van der Waals surface area contributed by atoms with E-state index in [0.717, 1.165) is 0 Å². The van der Waals surface area contributed by atoms with Crippen LogP contribution in [0.2, 0.25) is 0 Å². The molecule has 5 nitrogen and oxygen atoms in total. The molecular formula is C4H12N2O3S. The minimum atomic E-state index is -4.01. The molecule has 0 saturated carbocycles. The summed E-state index contributed by atoms with van der Waals surface area (Å²) in [5.74, 6) is 0. The van der Waals surface area contributed by atoms with E-state index in [4.69, 9.17) is 10.3 Å². The third-order valence-electron chi connectivity index (χ3n) is 1.01. The molecule has 0 fully saturated rings. The first-order valence-electron chi connectivity index (χ1n) is 2.92. The Morgan fingerprint density at radius 1 is 1.70 bits per heavy atom. The van der Waals surface area contributed by atoms with Crippen LogP contribution >= 0.6 is 0 Å². The van der Waals surface area contributed by atoms with Crippen molar-refractivity contribution >= 4 is 10.1 Å². The minimum absolute atomic E-state index is 0.118. The molecule has 0 aromatic rings. The molecule has 0 spiro atoms. The van der Waals surface area contributed by atoms with Crippen molar-refractivity contribution in [1.29, 1.82) is 0 Å². The summed E-state index contributed by atoms with van der Waals surface area (Å²) in [6.07, 6.45) is 0. The van der Waals surface area contributed by atoms with Crippen LogP contribution in [0, 0.1) is 0 Å². The van der Waals surface area contributed by atoms with E-state index in [-0.39, 0.29) is 6.54 Å². The molecule has 0 aromatic carbocycles. The zero-order valence-corrected chi connectivity index (χ0v) is 6.56. The Labute approximate surface area is 60.4 Å². The molecule has 0 aliphatic heterocycles. The highest BCUT2D eigenvalue weighted by Gasteiger charge is 2.18. The van der Waals surface area contributed by atoms with Gasteiger partial charge in [0.15, 0.2) is 0 Å². The largest absolute Gasteiger partial charge is 0.328 e. The molecule has 0 aliphatic carbocycles. The molecule has 0 amide bonds. The maximum atomic E-state index is 10.4. The topological polar surface area (TPSA) is 92.4 Å². The quantitative estimate of drug-likeness (QED) is 0.457. The minimum Gasteiger partial charge on any atom is -0.328 e. The van der Waals surface area contributed by atoms with Crippen molar-refractivity contribution in [3.8, 4) is 0 Å². The third-order valence-corrected chi connectivity index (χ3v) is 2.08. The van der Waals surface area contributed by atoms with Crippen molar-refractivity contribution in [2.24, 2.45) is 5.73 Å². The lowest BCUT2D eigenvalue weighted by molar-refractivity contribution is 0.453. The molecule has 0 heterocycles. The smallest absolute Gasteiger partial charge is 0.282 e. The maximum absolute atomic E-state index is 10.4. The van der Waals surface area contributed by atoms with E-state index >= 15 is 0 Å². The highest BCUT2D eigenvalue weighted by molar-refractivity contribution is 7.86. The van der Waals surface area contributed by atoms with Crippen LogP contribution in [-0.2, 0) is 10.1 Å². The molecule has 0 radical (unpaired) electrons. The van der Waals surface area contributed by atoms with Crippen molar-refractivity contribution in [2.45, 2.75) is 12.3 Å². The van der Waals surface area contributed by atoms with Crippen LogP contribution < -0.4 is 11.1 Å². The Morgan fingerprint density at radius 3 is 2.30 bits per heavy atom. The molecule has 1 atom stereocenters. The third kappa shape index (κ3) is 3.11. The van der Waals surface area contributed by atoms with E-state index in [9.17, 15) is 8.42 Å². The Bertz CT molecular complexity index is 177. The summed E-state index contributed by atoms with van der Waals surface area (Å²) < 4.78 is 29.2. The van der Waals surface area contributed by atoms with Gasteiger partial charge in [-0.25, -0.2) is 0 Å². The molecule has 10 heavy (non-hydrogen) atoms. The molecule has 0 aliphatic rings. The van der Waals surface area contributed by atoms with Crippen molar-refractivity contribution in [2.75, 3.05) is 13.1 Å². The molecule has 62 valence electrons. The first-order valence-corrected chi connectivity index (χ1v) is 4.42. The molecule has 0 bridgehead atoms. The van der Waals surface area contributed by atoms with Crippen molar-refractivity contribution < 1.29 is 13.0 Å². The lowest BCUT2D eigenvalue weighted by Crippen LogP contribution is -2.42. The Hall–Kier alpha value is -0.170. The number of nitrogens with one attached hydrogen (secondary N) is 1. The fourth-order valence-electron chi connectivity index (χ4n) is 0.538. The fourth-order valence-corrected chi connectivity index (χ4v) is 1.16. The summed E-state index contributed by atoms with van der Waals surface area (Å²) >= 11 is 0. The molecule has 0 saturated heterocycles. The van der Waals surface area contributed by atoms with E-state index in [2.05, 4.69) is 5.32 Å². The van der Waals surface area contributed by atoms with Crippen LogP contribution in [-0.4, -0.2) is 31.4 Å². The first-order chi connectivity index (χ1) is 4.52. The second-order valence-electron chi connectivity index (χ2n) is 1.80. The van der Waals surface area contributed by atoms with Gasteiger partial charge in [-0.3, -0.25) is 9.87 Å². The van der Waals surface area contributed by atoms with Crippen LogP contribution in [0.4, 0.5) is 0 Å². The average molecular weight is 168 g/mol. The van der Waals surface area contributed by atoms with Crippen LogP contribution in [0.3, 0.4) is 0 Å². The van der Waals surface area contributed by atoms with Gasteiger partial charge < -0.3 is 5.73 Å². The Balaban J connectivity index is 4.08. The molecule has 0 aromatic heterocycles. The highest BCUT2D eigenvalue weighted by Crippen LogP contribution is 1.90. The predicted octanol–water partition coefficient (Wildman–Crippen LogP) is -1.23. The second-order valence-corrected chi connectivity index (χ2v) is 3.40. The summed E-state index contributed by atoms with van der Waals surface area (Å²) in [4.78, 5) is 0. The number of hydrogen-bond acceptors (Lipinski definition) is 4. The van der Waals surface area contributed by atoms with Gasteiger partial charge in [-0.15, -0.1) is 0 Å². The lowest BCUT2D eigenvalue weighted by Gasteiger charge is -2.10. The first kappa shape index (κ1) is 9.83. The van der Waals surface area contributed by atoms with Gasteiger partial charge in [-0.05, 0) is 6.54 Å². The molecule has 1 unspecified atom stereocenters. The monoisotopic (exact) mass is 168 g/mol. The highest BCUT2D eigenvalue weighted by atomic mass is 32.2. The summed E-state index contributed by atoms with van der Waals surface area (Å²) in [7, 11) is -4.01. The molecular weight excluding hydrogens is 156 g/mol. The van der Waals surface area contributed by atoms with Gasteiger partial charge in [0.25, 0.3) is 10.1 Å². The Morgan fingerprint density at radius 2 is 2.20 bits per heavy atom. The van der Waals surface area contributed by atoms with E-state index < -0.39 is 15.5 Å². The van der Waals surface area contributed by atoms with Crippen LogP contribution in [0.5, 0.6) is 0 Å².